The van der Waals surface area contributed by atoms with Gasteiger partial charge in [0.1, 0.15) is 5.75 Å². The molecule has 0 spiro atoms. The van der Waals surface area contributed by atoms with Crippen LogP contribution in [-0.4, -0.2) is 52.9 Å². The molecule has 7 nitrogen and oxygen atoms in total. The lowest BCUT2D eigenvalue weighted by Crippen LogP contribution is -2.49. The standard InChI is InChI=1S/C27H30N2O5/c1-34-24-12-6-11-19-20(24)13-14-29(26(31)21-9-4-5-10-22(21)27(32)33)23(19)16-28-15-17-7-2-3-8-18(17)25(28)30/h2-3,6-8,11-12,21-23H,4-5,9-10,13-16H2,1H3,(H,32,33)/t21-,22+,23?/m1/s1. The van der Waals surface area contributed by atoms with E-state index in [0.29, 0.717) is 44.5 Å². The molecule has 1 aliphatic carbocycles. The third-order valence-electron chi connectivity index (χ3n) is 7.70. The van der Waals surface area contributed by atoms with Gasteiger partial charge in [-0.3, -0.25) is 14.4 Å². The Hall–Kier alpha value is -3.35. The number of hydrogen-bond donors (Lipinski definition) is 1. The first-order chi connectivity index (χ1) is 16.5. The number of carbonyl (C=O) groups is 3. The number of amides is 2. The second kappa shape index (κ2) is 9.12. The molecule has 2 aromatic carbocycles. The molecule has 3 aliphatic rings. The molecular formula is C27H30N2O5. The summed E-state index contributed by atoms with van der Waals surface area (Å²) in [6.45, 7) is 1.35. The molecule has 2 amide bonds. The van der Waals surface area contributed by atoms with Crippen LogP contribution in [0.1, 0.15) is 58.8 Å². The van der Waals surface area contributed by atoms with Crippen molar-refractivity contribution in [2.24, 2.45) is 11.8 Å². The number of aliphatic carboxylic acids is 1. The van der Waals surface area contributed by atoms with E-state index in [-0.39, 0.29) is 17.9 Å². The highest BCUT2D eigenvalue weighted by Crippen LogP contribution is 2.40. The summed E-state index contributed by atoms with van der Waals surface area (Å²) >= 11 is 0. The SMILES string of the molecule is COc1cccc2c1CCN(C(=O)[C@@H]1CCCC[C@@H]1C(=O)O)C2CN1Cc2ccccc2C1=O. The average molecular weight is 463 g/mol. The monoisotopic (exact) mass is 462 g/mol. The summed E-state index contributed by atoms with van der Waals surface area (Å²) in [5.41, 5.74) is 3.73. The normalized spacial score (nSPS) is 23.9. The van der Waals surface area contributed by atoms with Gasteiger partial charge in [0.2, 0.25) is 5.91 Å². The Bertz CT molecular complexity index is 1130. The molecular weight excluding hydrogens is 432 g/mol. The zero-order valence-corrected chi connectivity index (χ0v) is 19.4. The molecule has 1 unspecified atom stereocenters. The molecule has 1 saturated carbocycles. The maximum absolute atomic E-state index is 13.8. The number of hydrogen-bond acceptors (Lipinski definition) is 4. The third kappa shape index (κ3) is 3.83. The number of ether oxygens (including phenoxy) is 1. The van der Waals surface area contributed by atoms with Gasteiger partial charge in [-0.25, -0.2) is 0 Å². The Balaban J connectivity index is 1.49. The van der Waals surface area contributed by atoms with Crippen LogP contribution in [-0.2, 0) is 22.6 Å². The predicted molar refractivity (Wildman–Crippen MR) is 125 cm³/mol. The van der Waals surface area contributed by atoms with Gasteiger partial charge in [0.15, 0.2) is 0 Å². The molecule has 3 atom stereocenters. The number of nitrogens with zero attached hydrogens (tertiary/aromatic N) is 2. The number of methoxy groups -OCH3 is 1. The average Bonchev–Trinajstić information content (AvgIpc) is 3.18. The van der Waals surface area contributed by atoms with Gasteiger partial charge in [-0.15, -0.1) is 0 Å². The minimum Gasteiger partial charge on any atom is -0.496 e. The lowest BCUT2D eigenvalue weighted by Gasteiger charge is -2.42. The molecule has 1 N–H and O–H groups in total. The largest absolute Gasteiger partial charge is 0.496 e. The van der Waals surface area contributed by atoms with Gasteiger partial charge in [-0.05, 0) is 42.5 Å². The molecule has 2 heterocycles. The highest BCUT2D eigenvalue weighted by Gasteiger charge is 2.43. The van der Waals surface area contributed by atoms with E-state index in [4.69, 9.17) is 4.74 Å². The van der Waals surface area contributed by atoms with Crippen LogP contribution in [0, 0.1) is 11.8 Å². The van der Waals surface area contributed by atoms with E-state index in [0.717, 1.165) is 35.3 Å². The molecule has 0 aromatic heterocycles. The zero-order valence-electron chi connectivity index (χ0n) is 19.4. The molecule has 1 fully saturated rings. The van der Waals surface area contributed by atoms with E-state index >= 15 is 0 Å². The Morgan fingerprint density at radius 3 is 2.56 bits per heavy atom. The van der Waals surface area contributed by atoms with Crippen molar-refractivity contribution < 1.29 is 24.2 Å². The molecule has 0 saturated heterocycles. The third-order valence-corrected chi connectivity index (χ3v) is 7.70. The van der Waals surface area contributed by atoms with Crippen LogP contribution in [0.4, 0.5) is 0 Å². The lowest BCUT2D eigenvalue weighted by molar-refractivity contribution is -0.153. The van der Waals surface area contributed by atoms with Crippen molar-refractivity contribution in [1.82, 2.24) is 9.80 Å². The minimum absolute atomic E-state index is 0.0286. The highest BCUT2D eigenvalue weighted by molar-refractivity contribution is 5.98. The fourth-order valence-corrected chi connectivity index (χ4v) is 5.98. The van der Waals surface area contributed by atoms with E-state index < -0.39 is 17.8 Å². The number of benzene rings is 2. The van der Waals surface area contributed by atoms with Crippen molar-refractivity contribution in [3.05, 3.63) is 64.7 Å². The quantitative estimate of drug-likeness (QED) is 0.733. The topological polar surface area (TPSA) is 87.2 Å². The molecule has 0 radical (unpaired) electrons. The zero-order chi connectivity index (χ0) is 23.8. The highest BCUT2D eigenvalue weighted by atomic mass is 16.5. The van der Waals surface area contributed by atoms with Gasteiger partial charge in [0, 0.05) is 30.8 Å². The smallest absolute Gasteiger partial charge is 0.307 e. The fraction of sp³-hybridized carbons (Fsp3) is 0.444. The van der Waals surface area contributed by atoms with Gasteiger partial charge < -0.3 is 19.6 Å². The number of fused-ring (bicyclic) bond motifs is 2. The Morgan fingerprint density at radius 2 is 1.82 bits per heavy atom. The predicted octanol–water partition coefficient (Wildman–Crippen LogP) is 3.67. The molecule has 2 aromatic rings. The summed E-state index contributed by atoms with van der Waals surface area (Å²) in [5, 5.41) is 9.77. The second-order valence-electron chi connectivity index (χ2n) is 9.50. The maximum atomic E-state index is 13.8. The molecule has 2 aliphatic heterocycles. The van der Waals surface area contributed by atoms with Crippen molar-refractivity contribution >= 4 is 17.8 Å². The summed E-state index contributed by atoms with van der Waals surface area (Å²) in [4.78, 5) is 42.6. The van der Waals surface area contributed by atoms with Crippen LogP contribution < -0.4 is 4.74 Å². The van der Waals surface area contributed by atoms with Crippen molar-refractivity contribution in [2.45, 2.75) is 44.7 Å². The van der Waals surface area contributed by atoms with Crippen LogP contribution >= 0.6 is 0 Å². The first kappa shape index (κ1) is 22.4. The van der Waals surface area contributed by atoms with Gasteiger partial charge in [-0.2, -0.15) is 0 Å². The second-order valence-corrected chi connectivity index (χ2v) is 9.50. The molecule has 34 heavy (non-hydrogen) atoms. The number of rotatable bonds is 5. The number of carboxylic acid groups (broad SMARTS) is 1. The van der Waals surface area contributed by atoms with Crippen molar-refractivity contribution in [3.8, 4) is 5.75 Å². The minimum atomic E-state index is -0.890. The van der Waals surface area contributed by atoms with Gasteiger partial charge in [0.25, 0.3) is 5.91 Å². The van der Waals surface area contributed by atoms with Crippen molar-refractivity contribution in [1.29, 1.82) is 0 Å². The van der Waals surface area contributed by atoms with Crippen molar-refractivity contribution in [2.75, 3.05) is 20.2 Å². The van der Waals surface area contributed by atoms with Crippen molar-refractivity contribution in [3.63, 3.8) is 0 Å². The summed E-state index contributed by atoms with van der Waals surface area (Å²) in [6, 6.07) is 13.1. The van der Waals surface area contributed by atoms with Crippen LogP contribution in [0.3, 0.4) is 0 Å². The lowest BCUT2D eigenvalue weighted by atomic mass is 9.77. The molecule has 0 bridgehead atoms. The van der Waals surface area contributed by atoms with Crippen LogP contribution in [0.25, 0.3) is 0 Å². The maximum Gasteiger partial charge on any atom is 0.307 e. The summed E-state index contributed by atoms with van der Waals surface area (Å²) in [6.07, 6.45) is 3.47. The van der Waals surface area contributed by atoms with E-state index in [1.165, 1.54) is 0 Å². The summed E-state index contributed by atoms with van der Waals surface area (Å²) < 4.78 is 5.60. The molecule has 7 heteroatoms. The Morgan fingerprint density at radius 1 is 1.06 bits per heavy atom. The van der Waals surface area contributed by atoms with E-state index in [9.17, 15) is 19.5 Å². The fourth-order valence-electron chi connectivity index (χ4n) is 5.98. The number of carbonyl (C=O) groups excluding carboxylic acids is 2. The van der Waals surface area contributed by atoms with Crippen LogP contribution in [0.15, 0.2) is 42.5 Å². The first-order valence-electron chi connectivity index (χ1n) is 12.1. The molecule has 178 valence electrons. The van der Waals surface area contributed by atoms with E-state index in [1.54, 1.807) is 12.0 Å². The Kier molecular flexibility index (Phi) is 6.02. The Labute approximate surface area is 199 Å². The summed E-state index contributed by atoms with van der Waals surface area (Å²) in [7, 11) is 1.64. The van der Waals surface area contributed by atoms with Gasteiger partial charge >= 0.3 is 5.97 Å². The van der Waals surface area contributed by atoms with Crippen LogP contribution in [0.5, 0.6) is 5.75 Å². The molecule has 5 rings (SSSR count). The first-order valence-corrected chi connectivity index (χ1v) is 12.1. The summed E-state index contributed by atoms with van der Waals surface area (Å²) in [5.74, 6) is -1.40. The van der Waals surface area contributed by atoms with Gasteiger partial charge in [-0.1, -0.05) is 43.2 Å². The number of carboxylic acids is 1. The van der Waals surface area contributed by atoms with E-state index in [2.05, 4.69) is 0 Å². The van der Waals surface area contributed by atoms with Gasteiger partial charge in [0.05, 0.1) is 25.0 Å². The van der Waals surface area contributed by atoms with E-state index in [1.807, 2.05) is 47.4 Å². The van der Waals surface area contributed by atoms with Crippen LogP contribution in [0.2, 0.25) is 0 Å².